The van der Waals surface area contributed by atoms with Crippen molar-refractivity contribution in [2.24, 2.45) is 0 Å². The summed E-state index contributed by atoms with van der Waals surface area (Å²) in [4.78, 5) is 0. The highest BCUT2D eigenvalue weighted by atomic mass is 35.5. The lowest BCUT2D eigenvalue weighted by Gasteiger charge is -2.12. The lowest BCUT2D eigenvalue weighted by molar-refractivity contribution is -0.137. The van der Waals surface area contributed by atoms with Crippen LogP contribution in [0.2, 0.25) is 5.02 Å². The molecule has 0 aliphatic carbocycles. The molecule has 2 aromatic carbocycles. The fraction of sp³-hybridized carbons (Fsp3) is 0.235. The molecule has 2 nitrogen and oxygen atoms in total. The second-order valence-electron chi connectivity index (χ2n) is 5.10. The summed E-state index contributed by atoms with van der Waals surface area (Å²) in [5.74, 6) is 1.57. The minimum absolute atomic E-state index is 0.290. The molecule has 2 rings (SSSR count). The number of rotatable bonds is 6. The highest BCUT2D eigenvalue weighted by Gasteiger charge is 2.30. The zero-order valence-electron chi connectivity index (χ0n) is 13.1. The summed E-state index contributed by atoms with van der Waals surface area (Å²) in [6.45, 7) is 0.597. The SMILES string of the molecule is FC(F)(F)c1cccc(NC(=S)NCCSCc2ccccc2Cl)c1. The molecule has 0 unspecified atom stereocenters. The van der Waals surface area contributed by atoms with Gasteiger partial charge in [0.2, 0.25) is 0 Å². The van der Waals surface area contributed by atoms with E-state index in [0.29, 0.717) is 12.2 Å². The lowest BCUT2D eigenvalue weighted by Crippen LogP contribution is -2.30. The van der Waals surface area contributed by atoms with Gasteiger partial charge in [-0.05, 0) is 42.0 Å². The number of hydrogen-bond acceptors (Lipinski definition) is 2. The van der Waals surface area contributed by atoms with Crippen LogP contribution in [0.1, 0.15) is 11.1 Å². The third-order valence-electron chi connectivity index (χ3n) is 3.20. The maximum absolute atomic E-state index is 12.7. The molecular formula is C17H16ClF3N2S2. The Morgan fingerprint density at radius 3 is 2.60 bits per heavy atom. The minimum atomic E-state index is -4.37. The second-order valence-corrected chi connectivity index (χ2v) is 7.02. The first kappa shape index (κ1) is 19.9. The highest BCUT2D eigenvalue weighted by molar-refractivity contribution is 7.98. The molecule has 0 aliphatic rings. The number of alkyl halides is 3. The number of halogens is 4. The molecule has 2 N–H and O–H groups in total. The van der Waals surface area contributed by atoms with E-state index >= 15 is 0 Å². The van der Waals surface area contributed by atoms with Crippen LogP contribution in [0.3, 0.4) is 0 Å². The zero-order chi connectivity index (χ0) is 18.3. The summed E-state index contributed by atoms with van der Waals surface area (Å²) in [5.41, 5.74) is 0.658. The van der Waals surface area contributed by atoms with Gasteiger partial charge in [0.25, 0.3) is 0 Å². The molecule has 0 fully saturated rings. The van der Waals surface area contributed by atoms with Gasteiger partial charge in [-0.1, -0.05) is 35.9 Å². The number of anilines is 1. The Bertz CT molecular complexity index is 723. The van der Waals surface area contributed by atoms with Gasteiger partial charge >= 0.3 is 6.18 Å². The van der Waals surface area contributed by atoms with Crippen LogP contribution in [0.15, 0.2) is 48.5 Å². The zero-order valence-corrected chi connectivity index (χ0v) is 15.5. The Balaban J connectivity index is 1.72. The number of hydrogen-bond donors (Lipinski definition) is 2. The molecule has 2 aromatic rings. The molecule has 0 aromatic heterocycles. The molecule has 0 heterocycles. The first-order valence-corrected chi connectivity index (χ1v) is 9.33. The topological polar surface area (TPSA) is 24.1 Å². The van der Waals surface area contributed by atoms with E-state index in [4.69, 9.17) is 23.8 Å². The Hall–Kier alpha value is -1.44. The Kier molecular flexibility index (Phi) is 7.40. The van der Waals surface area contributed by atoms with Crippen molar-refractivity contribution in [1.82, 2.24) is 5.32 Å². The standard InChI is InChI=1S/C17H16ClF3N2S2/c18-15-7-2-1-4-12(15)11-25-9-8-22-16(24)23-14-6-3-5-13(10-14)17(19,20)21/h1-7,10H,8-9,11H2,(H2,22,23,24). The molecule has 0 saturated carbocycles. The van der Waals surface area contributed by atoms with Crippen LogP contribution < -0.4 is 10.6 Å². The van der Waals surface area contributed by atoms with Crippen LogP contribution in [0.4, 0.5) is 18.9 Å². The van der Waals surface area contributed by atoms with Crippen LogP contribution in [0.25, 0.3) is 0 Å². The maximum atomic E-state index is 12.7. The average Bonchev–Trinajstić information content (AvgIpc) is 2.55. The van der Waals surface area contributed by atoms with Crippen molar-refractivity contribution in [3.05, 3.63) is 64.7 Å². The molecule has 134 valence electrons. The van der Waals surface area contributed by atoms with E-state index in [1.54, 1.807) is 11.8 Å². The highest BCUT2D eigenvalue weighted by Crippen LogP contribution is 2.30. The van der Waals surface area contributed by atoms with Gasteiger partial charge in [0.1, 0.15) is 0 Å². The van der Waals surface area contributed by atoms with Crippen LogP contribution in [0, 0.1) is 0 Å². The molecule has 25 heavy (non-hydrogen) atoms. The number of benzene rings is 2. The summed E-state index contributed by atoms with van der Waals surface area (Å²) in [6.07, 6.45) is -4.37. The van der Waals surface area contributed by atoms with Crippen molar-refractivity contribution in [2.45, 2.75) is 11.9 Å². The molecule has 0 saturated heterocycles. The van der Waals surface area contributed by atoms with E-state index in [1.807, 2.05) is 24.3 Å². The van der Waals surface area contributed by atoms with E-state index < -0.39 is 11.7 Å². The third kappa shape index (κ3) is 6.76. The molecule has 0 spiro atoms. The number of thiocarbonyl (C=S) groups is 1. The van der Waals surface area contributed by atoms with Gasteiger partial charge in [0, 0.05) is 28.8 Å². The van der Waals surface area contributed by atoms with Gasteiger partial charge in [-0.3, -0.25) is 0 Å². The third-order valence-corrected chi connectivity index (χ3v) is 4.82. The van der Waals surface area contributed by atoms with Crippen molar-refractivity contribution in [1.29, 1.82) is 0 Å². The number of nitrogens with one attached hydrogen (secondary N) is 2. The van der Waals surface area contributed by atoms with E-state index in [-0.39, 0.29) is 5.11 Å². The second kappa shape index (κ2) is 9.31. The average molecular weight is 405 g/mol. The fourth-order valence-corrected chi connectivity index (χ4v) is 3.35. The predicted octanol–water partition coefficient (Wildman–Crippen LogP) is 5.58. The Labute approximate surface area is 159 Å². The summed E-state index contributed by atoms with van der Waals surface area (Å²) in [7, 11) is 0. The summed E-state index contributed by atoms with van der Waals surface area (Å²) >= 11 is 12.9. The van der Waals surface area contributed by atoms with Gasteiger partial charge in [-0.25, -0.2) is 0 Å². The fourth-order valence-electron chi connectivity index (χ4n) is 1.98. The van der Waals surface area contributed by atoms with Crippen LogP contribution >= 0.6 is 35.6 Å². The van der Waals surface area contributed by atoms with Crippen molar-refractivity contribution in [3.63, 3.8) is 0 Å². The van der Waals surface area contributed by atoms with E-state index in [2.05, 4.69) is 10.6 Å². The number of thioether (sulfide) groups is 1. The van der Waals surface area contributed by atoms with Gasteiger partial charge in [0.15, 0.2) is 5.11 Å². The van der Waals surface area contributed by atoms with Crippen LogP contribution in [-0.4, -0.2) is 17.4 Å². The largest absolute Gasteiger partial charge is 0.416 e. The summed E-state index contributed by atoms with van der Waals surface area (Å²) < 4.78 is 38.0. The molecule has 0 atom stereocenters. The first-order chi connectivity index (χ1) is 11.9. The monoisotopic (exact) mass is 404 g/mol. The van der Waals surface area contributed by atoms with Crippen molar-refractivity contribution in [3.8, 4) is 0 Å². The quantitative estimate of drug-likeness (QED) is 0.485. The molecule has 0 amide bonds. The van der Waals surface area contributed by atoms with Gasteiger partial charge in [0.05, 0.1) is 5.56 Å². The van der Waals surface area contributed by atoms with Crippen LogP contribution in [0.5, 0.6) is 0 Å². The smallest absolute Gasteiger partial charge is 0.362 e. The van der Waals surface area contributed by atoms with Gasteiger partial charge < -0.3 is 10.6 Å². The van der Waals surface area contributed by atoms with E-state index in [0.717, 1.165) is 34.2 Å². The Morgan fingerprint density at radius 2 is 1.88 bits per heavy atom. The molecule has 0 radical (unpaired) electrons. The molecule has 0 aliphatic heterocycles. The van der Waals surface area contributed by atoms with Crippen molar-refractivity contribution in [2.75, 3.05) is 17.6 Å². The predicted molar refractivity (Wildman–Crippen MR) is 103 cm³/mol. The summed E-state index contributed by atoms with van der Waals surface area (Å²) in [5, 5.41) is 6.77. The first-order valence-electron chi connectivity index (χ1n) is 7.39. The van der Waals surface area contributed by atoms with E-state index in [1.165, 1.54) is 12.1 Å². The van der Waals surface area contributed by atoms with Crippen LogP contribution in [-0.2, 0) is 11.9 Å². The van der Waals surface area contributed by atoms with Gasteiger partial charge in [-0.2, -0.15) is 24.9 Å². The molecular weight excluding hydrogens is 389 g/mol. The maximum Gasteiger partial charge on any atom is 0.416 e. The molecule has 0 bridgehead atoms. The van der Waals surface area contributed by atoms with Crippen molar-refractivity contribution < 1.29 is 13.2 Å². The Morgan fingerprint density at radius 1 is 1.12 bits per heavy atom. The lowest BCUT2D eigenvalue weighted by atomic mass is 10.2. The minimum Gasteiger partial charge on any atom is -0.362 e. The normalized spacial score (nSPS) is 11.2. The van der Waals surface area contributed by atoms with Crippen molar-refractivity contribution >= 4 is 46.4 Å². The summed E-state index contributed by atoms with van der Waals surface area (Å²) in [6, 6.07) is 12.6. The van der Waals surface area contributed by atoms with E-state index in [9.17, 15) is 13.2 Å². The molecule has 8 heteroatoms. The van der Waals surface area contributed by atoms with Gasteiger partial charge in [-0.15, -0.1) is 0 Å².